The molecule has 1 aromatic carbocycles. The first-order chi connectivity index (χ1) is 13.2. The molecule has 0 fully saturated rings. The third-order valence-corrected chi connectivity index (χ3v) is 7.00. The van der Waals surface area contributed by atoms with Crippen molar-refractivity contribution in [3.8, 4) is 11.5 Å². The van der Waals surface area contributed by atoms with Crippen molar-refractivity contribution in [1.29, 1.82) is 0 Å². The van der Waals surface area contributed by atoms with Crippen molar-refractivity contribution in [3.63, 3.8) is 0 Å². The van der Waals surface area contributed by atoms with Gasteiger partial charge < -0.3 is 14.9 Å². The highest BCUT2D eigenvalue weighted by Gasteiger charge is 2.46. The number of rotatable bonds is 7. The van der Waals surface area contributed by atoms with Crippen molar-refractivity contribution in [3.05, 3.63) is 34.9 Å². The van der Waals surface area contributed by atoms with Gasteiger partial charge in [0.05, 0.1) is 0 Å². The lowest BCUT2D eigenvalue weighted by atomic mass is 9.66. The third-order valence-electron chi connectivity index (χ3n) is 7.00. The van der Waals surface area contributed by atoms with Gasteiger partial charge in [0.25, 0.3) is 0 Å². The molecule has 3 nitrogen and oxygen atoms in total. The average molecular weight is 387 g/mol. The summed E-state index contributed by atoms with van der Waals surface area (Å²) in [6.07, 6.45) is 9.66. The molecule has 1 aliphatic heterocycles. The number of hydrogen-bond donors (Lipinski definition) is 2. The Kier molecular flexibility index (Phi) is 6.14. The van der Waals surface area contributed by atoms with E-state index in [1.807, 2.05) is 6.07 Å². The number of benzene rings is 1. The second-order valence-corrected chi connectivity index (χ2v) is 10.1. The van der Waals surface area contributed by atoms with E-state index in [4.69, 9.17) is 9.84 Å². The zero-order valence-electron chi connectivity index (χ0n) is 18.3. The first kappa shape index (κ1) is 21.2. The highest BCUT2D eigenvalue weighted by Crippen LogP contribution is 2.54. The Morgan fingerprint density at radius 3 is 2.57 bits per heavy atom. The van der Waals surface area contributed by atoms with Crippen LogP contribution in [-0.2, 0) is 5.41 Å². The molecule has 0 saturated carbocycles. The summed E-state index contributed by atoms with van der Waals surface area (Å²) in [6, 6.07) is 4.17. The number of unbranched alkanes of at least 4 members (excludes halogenated alkanes) is 3. The fourth-order valence-electron chi connectivity index (χ4n) is 5.13. The molecule has 156 valence electrons. The SMILES string of the molecule is CC1=CC[C@@H]2[C@@H](C1)c1c(O)cc(C(C)(C)CCCCCCO)cc1OC2(C)C. The maximum atomic E-state index is 11.0. The van der Waals surface area contributed by atoms with Gasteiger partial charge in [-0.2, -0.15) is 0 Å². The smallest absolute Gasteiger partial charge is 0.127 e. The van der Waals surface area contributed by atoms with Crippen molar-refractivity contribution in [2.24, 2.45) is 5.92 Å². The van der Waals surface area contributed by atoms with Crippen LogP contribution in [0.25, 0.3) is 0 Å². The van der Waals surface area contributed by atoms with Crippen LogP contribution < -0.4 is 4.74 Å². The molecule has 3 heteroatoms. The van der Waals surface area contributed by atoms with Crippen molar-refractivity contribution >= 4 is 0 Å². The predicted octanol–water partition coefficient (Wildman–Crippen LogP) is 6.22. The van der Waals surface area contributed by atoms with E-state index in [1.54, 1.807) is 0 Å². The van der Waals surface area contributed by atoms with E-state index in [2.05, 4.69) is 46.8 Å². The number of ether oxygens (including phenoxy) is 1. The van der Waals surface area contributed by atoms with Crippen LogP contribution in [0.1, 0.15) is 96.6 Å². The number of aromatic hydroxyl groups is 1. The molecule has 2 N–H and O–H groups in total. The quantitative estimate of drug-likeness (QED) is 0.432. The van der Waals surface area contributed by atoms with Gasteiger partial charge in [-0.25, -0.2) is 0 Å². The normalized spacial score (nSPS) is 23.4. The summed E-state index contributed by atoms with van der Waals surface area (Å²) in [5.41, 5.74) is 3.34. The summed E-state index contributed by atoms with van der Waals surface area (Å²) in [7, 11) is 0. The van der Waals surface area contributed by atoms with Gasteiger partial charge in [-0.05, 0) is 69.6 Å². The standard InChI is InChI=1S/C25H38O3/c1-17-10-11-20-19(14-17)23-21(27)15-18(16-22(23)28-25(20,4)5)24(2,3)12-8-6-7-9-13-26/h10,15-16,19-20,26-27H,6-9,11-14H2,1-5H3/t19-,20-/m1/s1. The zero-order valence-corrected chi connectivity index (χ0v) is 18.3. The molecule has 0 aromatic heterocycles. The lowest BCUT2D eigenvalue weighted by Gasteiger charge is -2.47. The van der Waals surface area contributed by atoms with Gasteiger partial charge in [0.15, 0.2) is 0 Å². The van der Waals surface area contributed by atoms with Crippen LogP contribution >= 0.6 is 0 Å². The molecular formula is C25H38O3. The minimum absolute atomic E-state index is 0.0154. The summed E-state index contributed by atoms with van der Waals surface area (Å²) in [5.74, 6) is 2.02. The van der Waals surface area contributed by atoms with E-state index in [-0.39, 0.29) is 17.6 Å². The number of phenolic OH excluding ortho intramolecular Hbond substituents is 1. The molecule has 0 amide bonds. The lowest BCUT2D eigenvalue weighted by molar-refractivity contribution is 0.00741. The molecule has 3 rings (SSSR count). The second kappa shape index (κ2) is 8.10. The average Bonchev–Trinajstić information content (AvgIpc) is 2.60. The maximum Gasteiger partial charge on any atom is 0.127 e. The molecule has 28 heavy (non-hydrogen) atoms. The Balaban J connectivity index is 1.86. The van der Waals surface area contributed by atoms with Crippen molar-refractivity contribution in [2.75, 3.05) is 6.61 Å². The van der Waals surface area contributed by atoms with Gasteiger partial charge in [-0.1, -0.05) is 44.8 Å². The molecule has 1 aromatic rings. The third kappa shape index (κ3) is 4.25. The van der Waals surface area contributed by atoms with Crippen LogP contribution in [0.15, 0.2) is 23.8 Å². The second-order valence-electron chi connectivity index (χ2n) is 10.1. The van der Waals surface area contributed by atoms with Gasteiger partial charge in [-0.15, -0.1) is 0 Å². The van der Waals surface area contributed by atoms with E-state index in [0.717, 1.165) is 61.8 Å². The Labute approximate surface area is 170 Å². The number of aliphatic hydroxyl groups is 1. The summed E-state index contributed by atoms with van der Waals surface area (Å²) in [4.78, 5) is 0. The number of fused-ring (bicyclic) bond motifs is 3. The molecule has 2 aliphatic rings. The molecule has 2 atom stereocenters. The molecule has 0 unspecified atom stereocenters. The summed E-state index contributed by atoms with van der Waals surface area (Å²) < 4.78 is 6.48. The van der Waals surface area contributed by atoms with E-state index >= 15 is 0 Å². The monoisotopic (exact) mass is 386 g/mol. The first-order valence-electron chi connectivity index (χ1n) is 11.0. The van der Waals surface area contributed by atoms with Crippen molar-refractivity contribution in [2.45, 2.75) is 96.5 Å². The minimum atomic E-state index is -0.228. The van der Waals surface area contributed by atoms with Crippen molar-refractivity contribution in [1.82, 2.24) is 0 Å². The van der Waals surface area contributed by atoms with Crippen LogP contribution in [0, 0.1) is 5.92 Å². The Hall–Kier alpha value is -1.48. The lowest BCUT2D eigenvalue weighted by Crippen LogP contribution is -2.45. The van der Waals surface area contributed by atoms with E-state index in [0.29, 0.717) is 17.6 Å². The van der Waals surface area contributed by atoms with Crippen molar-refractivity contribution < 1.29 is 14.9 Å². The number of phenols is 1. The topological polar surface area (TPSA) is 49.7 Å². The van der Waals surface area contributed by atoms with Gasteiger partial charge in [-0.3, -0.25) is 0 Å². The van der Waals surface area contributed by atoms with E-state index in [9.17, 15) is 5.11 Å². The Morgan fingerprint density at radius 1 is 1.14 bits per heavy atom. The minimum Gasteiger partial charge on any atom is -0.508 e. The van der Waals surface area contributed by atoms with E-state index < -0.39 is 0 Å². The molecule has 1 aliphatic carbocycles. The summed E-state index contributed by atoms with van der Waals surface area (Å²) in [6.45, 7) is 11.4. The van der Waals surface area contributed by atoms with Gasteiger partial charge in [0.2, 0.25) is 0 Å². The van der Waals surface area contributed by atoms with Gasteiger partial charge >= 0.3 is 0 Å². The van der Waals surface area contributed by atoms with Gasteiger partial charge in [0, 0.05) is 24.0 Å². The number of hydrogen-bond acceptors (Lipinski definition) is 3. The summed E-state index contributed by atoms with van der Waals surface area (Å²) in [5, 5.41) is 20.0. The van der Waals surface area contributed by atoms with E-state index in [1.165, 1.54) is 5.57 Å². The van der Waals surface area contributed by atoms with Crippen LogP contribution in [0.5, 0.6) is 11.5 Å². The Morgan fingerprint density at radius 2 is 1.86 bits per heavy atom. The molecule has 0 radical (unpaired) electrons. The molecular weight excluding hydrogens is 348 g/mol. The largest absolute Gasteiger partial charge is 0.508 e. The predicted molar refractivity (Wildman–Crippen MR) is 115 cm³/mol. The molecule has 0 bridgehead atoms. The highest BCUT2D eigenvalue weighted by atomic mass is 16.5. The fraction of sp³-hybridized carbons (Fsp3) is 0.680. The number of aliphatic hydroxyl groups excluding tert-OH is 1. The molecule has 1 heterocycles. The molecule has 0 spiro atoms. The Bertz CT molecular complexity index is 730. The van der Waals surface area contributed by atoms with Gasteiger partial charge in [0.1, 0.15) is 17.1 Å². The number of allylic oxidation sites excluding steroid dienone is 2. The van der Waals surface area contributed by atoms with Crippen LogP contribution in [-0.4, -0.2) is 22.4 Å². The van der Waals surface area contributed by atoms with Crippen LogP contribution in [0.2, 0.25) is 0 Å². The summed E-state index contributed by atoms with van der Waals surface area (Å²) >= 11 is 0. The zero-order chi connectivity index (χ0) is 20.5. The highest BCUT2D eigenvalue weighted by molar-refractivity contribution is 5.54. The first-order valence-corrected chi connectivity index (χ1v) is 11.0. The fourth-order valence-corrected chi connectivity index (χ4v) is 5.13. The molecule has 0 saturated heterocycles. The van der Waals surface area contributed by atoms with Crippen LogP contribution in [0.3, 0.4) is 0 Å². The maximum absolute atomic E-state index is 11.0. The van der Waals surface area contributed by atoms with Crippen LogP contribution in [0.4, 0.5) is 0 Å².